The molecule has 1 aromatic carbocycles. The Bertz CT molecular complexity index is 390. The van der Waals surface area contributed by atoms with Gasteiger partial charge in [-0.15, -0.1) is 0 Å². The summed E-state index contributed by atoms with van der Waals surface area (Å²) < 4.78 is 27.2. The van der Waals surface area contributed by atoms with Crippen molar-refractivity contribution in [1.29, 1.82) is 0 Å². The quantitative estimate of drug-likeness (QED) is 0.814. The second-order valence-electron chi connectivity index (χ2n) is 4.45. The molecule has 1 aliphatic rings. The monoisotopic (exact) mass is 258 g/mol. The molecule has 0 amide bonds. The van der Waals surface area contributed by atoms with Gasteiger partial charge < -0.3 is 11.1 Å². The number of thioether (sulfide) groups is 1. The minimum Gasteiger partial charge on any atom is -0.399 e. The van der Waals surface area contributed by atoms with Crippen molar-refractivity contribution in [3.8, 4) is 0 Å². The van der Waals surface area contributed by atoms with Gasteiger partial charge in [-0.2, -0.15) is 11.8 Å². The van der Waals surface area contributed by atoms with Crippen molar-refractivity contribution >= 4 is 23.1 Å². The molecule has 94 valence electrons. The Kier molecular flexibility index (Phi) is 3.47. The van der Waals surface area contributed by atoms with Gasteiger partial charge >= 0.3 is 0 Å². The molecule has 17 heavy (non-hydrogen) atoms. The largest absolute Gasteiger partial charge is 0.399 e. The van der Waals surface area contributed by atoms with Gasteiger partial charge in [-0.3, -0.25) is 0 Å². The van der Waals surface area contributed by atoms with Crippen molar-refractivity contribution < 1.29 is 8.78 Å². The van der Waals surface area contributed by atoms with E-state index in [2.05, 4.69) is 5.32 Å². The van der Waals surface area contributed by atoms with E-state index in [-0.39, 0.29) is 16.1 Å². The zero-order chi connectivity index (χ0) is 12.5. The number of nitrogen functional groups attached to an aromatic ring is 1. The smallest absolute Gasteiger partial charge is 0.151 e. The van der Waals surface area contributed by atoms with Crippen LogP contribution in [-0.2, 0) is 0 Å². The third-order valence-electron chi connectivity index (χ3n) is 3.35. The van der Waals surface area contributed by atoms with Crippen LogP contribution in [-0.4, -0.2) is 17.5 Å². The van der Waals surface area contributed by atoms with Crippen LogP contribution in [0.3, 0.4) is 0 Å². The molecule has 1 aromatic rings. The highest BCUT2D eigenvalue weighted by atomic mass is 32.2. The first-order valence-corrected chi connectivity index (χ1v) is 6.82. The Hall–Kier alpha value is -0.970. The predicted molar refractivity (Wildman–Crippen MR) is 69.4 cm³/mol. The Balaban J connectivity index is 2.09. The summed E-state index contributed by atoms with van der Waals surface area (Å²) in [5.74, 6) is -1.25. The first-order valence-electron chi connectivity index (χ1n) is 5.60. The fourth-order valence-electron chi connectivity index (χ4n) is 2.04. The molecule has 2 rings (SSSR count). The standard InChI is InChI=1S/C12H16F2N2S/c1-17-12(3-2-4-12)7-16-11-9(13)5-8(15)6-10(11)14/h5-6,16H,2-4,7,15H2,1H3. The highest BCUT2D eigenvalue weighted by Crippen LogP contribution is 2.43. The summed E-state index contributed by atoms with van der Waals surface area (Å²) in [5.41, 5.74) is 5.40. The SMILES string of the molecule is CSC1(CNc2c(F)cc(N)cc2F)CCC1. The molecule has 0 radical (unpaired) electrons. The number of benzene rings is 1. The minimum absolute atomic E-state index is 0.0699. The van der Waals surface area contributed by atoms with Crippen LogP contribution in [0.5, 0.6) is 0 Å². The van der Waals surface area contributed by atoms with Crippen molar-refractivity contribution in [3.05, 3.63) is 23.8 Å². The Morgan fingerprint density at radius 3 is 2.35 bits per heavy atom. The van der Waals surface area contributed by atoms with Crippen molar-refractivity contribution in [2.24, 2.45) is 0 Å². The predicted octanol–water partition coefficient (Wildman–Crippen LogP) is 3.24. The average Bonchev–Trinajstić information content (AvgIpc) is 2.19. The molecular formula is C12H16F2N2S. The average molecular weight is 258 g/mol. The number of nitrogens with two attached hydrogens (primary N) is 1. The van der Waals surface area contributed by atoms with Gasteiger partial charge in [-0.05, 0) is 31.2 Å². The fourth-order valence-corrected chi connectivity index (χ4v) is 2.95. The van der Waals surface area contributed by atoms with Crippen LogP contribution >= 0.6 is 11.8 Å². The van der Waals surface area contributed by atoms with Gasteiger partial charge in [0.25, 0.3) is 0 Å². The molecule has 0 aromatic heterocycles. The van der Waals surface area contributed by atoms with E-state index in [0.717, 1.165) is 25.0 Å². The van der Waals surface area contributed by atoms with Crippen LogP contribution in [0.2, 0.25) is 0 Å². The molecule has 0 aliphatic heterocycles. The van der Waals surface area contributed by atoms with Gasteiger partial charge in [0.2, 0.25) is 0 Å². The highest BCUT2D eigenvalue weighted by molar-refractivity contribution is 8.00. The van der Waals surface area contributed by atoms with Crippen LogP contribution in [0, 0.1) is 11.6 Å². The van der Waals surface area contributed by atoms with Crippen LogP contribution in [0.25, 0.3) is 0 Å². The molecule has 2 nitrogen and oxygen atoms in total. The van der Waals surface area contributed by atoms with E-state index in [1.54, 1.807) is 11.8 Å². The number of rotatable bonds is 4. The number of nitrogens with one attached hydrogen (secondary N) is 1. The number of anilines is 2. The van der Waals surface area contributed by atoms with E-state index in [1.165, 1.54) is 6.42 Å². The zero-order valence-corrected chi connectivity index (χ0v) is 10.5. The molecule has 0 atom stereocenters. The maximum absolute atomic E-state index is 13.5. The molecule has 5 heteroatoms. The van der Waals surface area contributed by atoms with E-state index in [0.29, 0.717) is 6.54 Å². The van der Waals surface area contributed by atoms with E-state index < -0.39 is 11.6 Å². The van der Waals surface area contributed by atoms with E-state index >= 15 is 0 Å². The van der Waals surface area contributed by atoms with E-state index in [9.17, 15) is 8.78 Å². The summed E-state index contributed by atoms with van der Waals surface area (Å²) in [7, 11) is 0. The van der Waals surface area contributed by atoms with Gasteiger partial charge in [-0.1, -0.05) is 6.42 Å². The normalized spacial score (nSPS) is 17.6. The lowest BCUT2D eigenvalue weighted by Crippen LogP contribution is -2.40. The first-order chi connectivity index (χ1) is 8.06. The maximum Gasteiger partial charge on any atom is 0.151 e. The Morgan fingerprint density at radius 2 is 1.94 bits per heavy atom. The van der Waals surface area contributed by atoms with Crippen LogP contribution in [0.4, 0.5) is 20.2 Å². The summed E-state index contributed by atoms with van der Waals surface area (Å²) in [5, 5.41) is 2.88. The lowest BCUT2D eigenvalue weighted by molar-refractivity contribution is 0.379. The molecule has 1 fully saturated rings. The van der Waals surface area contributed by atoms with Crippen LogP contribution in [0.1, 0.15) is 19.3 Å². The minimum atomic E-state index is -0.627. The number of hydrogen-bond donors (Lipinski definition) is 2. The van der Waals surface area contributed by atoms with E-state index in [4.69, 9.17) is 5.73 Å². The molecule has 1 aliphatic carbocycles. The molecule has 0 bridgehead atoms. The Labute approximate surface area is 104 Å². The molecule has 0 spiro atoms. The van der Waals surface area contributed by atoms with Gasteiger partial charge in [0.1, 0.15) is 5.69 Å². The molecule has 0 saturated heterocycles. The summed E-state index contributed by atoms with van der Waals surface area (Å²) in [4.78, 5) is 0. The summed E-state index contributed by atoms with van der Waals surface area (Å²) in [6.07, 6.45) is 5.42. The van der Waals surface area contributed by atoms with Crippen molar-refractivity contribution in [2.45, 2.75) is 24.0 Å². The third kappa shape index (κ3) is 2.49. The second-order valence-corrected chi connectivity index (χ2v) is 5.73. The number of halogens is 2. The van der Waals surface area contributed by atoms with Gasteiger partial charge in [0.15, 0.2) is 11.6 Å². The van der Waals surface area contributed by atoms with Crippen LogP contribution < -0.4 is 11.1 Å². The van der Waals surface area contributed by atoms with Gasteiger partial charge in [0.05, 0.1) is 0 Å². The summed E-state index contributed by atoms with van der Waals surface area (Å²) in [6, 6.07) is 2.27. The lowest BCUT2D eigenvalue weighted by Gasteiger charge is -2.40. The highest BCUT2D eigenvalue weighted by Gasteiger charge is 2.36. The Morgan fingerprint density at radius 1 is 1.35 bits per heavy atom. The first kappa shape index (κ1) is 12.5. The zero-order valence-electron chi connectivity index (χ0n) is 9.72. The second kappa shape index (κ2) is 4.72. The molecule has 1 saturated carbocycles. The molecular weight excluding hydrogens is 242 g/mol. The maximum atomic E-state index is 13.5. The lowest BCUT2D eigenvalue weighted by atomic mass is 9.84. The van der Waals surface area contributed by atoms with Gasteiger partial charge in [-0.25, -0.2) is 8.78 Å². The molecule has 0 heterocycles. The number of hydrogen-bond acceptors (Lipinski definition) is 3. The van der Waals surface area contributed by atoms with Crippen molar-refractivity contribution in [2.75, 3.05) is 23.9 Å². The van der Waals surface area contributed by atoms with Crippen molar-refractivity contribution in [3.63, 3.8) is 0 Å². The van der Waals surface area contributed by atoms with Crippen molar-refractivity contribution in [1.82, 2.24) is 0 Å². The van der Waals surface area contributed by atoms with Gasteiger partial charge in [0, 0.05) is 17.0 Å². The fraction of sp³-hybridized carbons (Fsp3) is 0.500. The topological polar surface area (TPSA) is 38.0 Å². The third-order valence-corrected chi connectivity index (χ3v) is 4.77. The summed E-state index contributed by atoms with van der Waals surface area (Å²) in [6.45, 7) is 0.589. The summed E-state index contributed by atoms with van der Waals surface area (Å²) >= 11 is 1.76. The molecule has 3 N–H and O–H groups in total. The van der Waals surface area contributed by atoms with E-state index in [1.807, 2.05) is 6.26 Å². The molecule has 0 unspecified atom stereocenters. The van der Waals surface area contributed by atoms with Crippen LogP contribution in [0.15, 0.2) is 12.1 Å².